The molecule has 0 radical (unpaired) electrons. The van der Waals surface area contributed by atoms with E-state index in [-0.39, 0.29) is 5.41 Å². The number of aryl methyl sites for hydroxylation is 2. The van der Waals surface area contributed by atoms with Crippen molar-refractivity contribution < 1.29 is 4.74 Å². The number of aromatic nitrogens is 3. The maximum absolute atomic E-state index is 5.27. The maximum Gasteiger partial charge on any atom is 0.213 e. The van der Waals surface area contributed by atoms with Gasteiger partial charge in [0.1, 0.15) is 0 Å². The van der Waals surface area contributed by atoms with Gasteiger partial charge in [0, 0.05) is 25.5 Å². The second-order valence-corrected chi connectivity index (χ2v) is 8.16. The summed E-state index contributed by atoms with van der Waals surface area (Å²) in [6.45, 7) is 9.34. The largest absolute Gasteiger partial charge is 0.481 e. The van der Waals surface area contributed by atoms with E-state index >= 15 is 0 Å². The highest BCUT2D eigenvalue weighted by Crippen LogP contribution is 2.36. The zero-order valence-corrected chi connectivity index (χ0v) is 16.0. The molecule has 0 bridgehead atoms. The van der Waals surface area contributed by atoms with Gasteiger partial charge in [0.25, 0.3) is 0 Å². The molecule has 0 aromatic carbocycles. The highest BCUT2D eigenvalue weighted by Gasteiger charge is 2.26. The molecule has 0 atom stereocenters. The Morgan fingerprint density at radius 1 is 1.12 bits per heavy atom. The lowest BCUT2D eigenvalue weighted by atomic mass is 9.74. The second kappa shape index (κ2) is 7.37. The molecule has 24 heavy (non-hydrogen) atoms. The molecule has 0 unspecified atom stereocenters. The lowest BCUT2D eigenvalue weighted by Crippen LogP contribution is -2.22. The molecule has 0 N–H and O–H groups in total. The van der Waals surface area contributed by atoms with Crippen LogP contribution in [-0.4, -0.2) is 21.9 Å². The predicted octanol–water partition coefficient (Wildman–Crippen LogP) is 4.54. The number of hydrogen-bond acceptors (Lipinski definition) is 3. The predicted molar refractivity (Wildman–Crippen MR) is 98.4 cm³/mol. The first-order chi connectivity index (χ1) is 11.2. The summed E-state index contributed by atoms with van der Waals surface area (Å²) in [5, 5.41) is 4.26. The van der Waals surface area contributed by atoms with Gasteiger partial charge in [-0.15, -0.1) is 0 Å². The van der Waals surface area contributed by atoms with Crippen molar-refractivity contribution in [2.45, 2.75) is 58.8 Å². The van der Waals surface area contributed by atoms with Crippen molar-refractivity contribution in [3.8, 4) is 5.88 Å². The zero-order valence-electron chi connectivity index (χ0n) is 16.0. The first-order valence-corrected chi connectivity index (χ1v) is 8.70. The molecule has 0 fully saturated rings. The second-order valence-electron chi connectivity index (χ2n) is 8.16. The van der Waals surface area contributed by atoms with Gasteiger partial charge >= 0.3 is 0 Å². The summed E-state index contributed by atoms with van der Waals surface area (Å²) in [6, 6.07) is 4.16. The quantitative estimate of drug-likeness (QED) is 0.714. The molecular formula is C20H31N3O. The fraction of sp³-hybridized carbons (Fsp3) is 0.600. The minimum atomic E-state index is 0.113. The van der Waals surface area contributed by atoms with Crippen LogP contribution in [0.3, 0.4) is 0 Å². The zero-order chi connectivity index (χ0) is 17.8. The lowest BCUT2D eigenvalue weighted by molar-refractivity contribution is 0.267. The van der Waals surface area contributed by atoms with Crippen LogP contribution in [0.2, 0.25) is 0 Å². The van der Waals surface area contributed by atoms with Crippen molar-refractivity contribution in [2.75, 3.05) is 7.11 Å². The molecule has 2 aromatic rings. The Bertz CT molecular complexity index is 658. The first-order valence-electron chi connectivity index (χ1n) is 8.70. The average Bonchev–Trinajstić information content (AvgIpc) is 2.97. The van der Waals surface area contributed by atoms with Crippen LogP contribution in [0.25, 0.3) is 0 Å². The van der Waals surface area contributed by atoms with Crippen LogP contribution in [0.1, 0.15) is 58.1 Å². The third-order valence-corrected chi connectivity index (χ3v) is 5.00. The van der Waals surface area contributed by atoms with Gasteiger partial charge in [-0.2, -0.15) is 5.10 Å². The van der Waals surface area contributed by atoms with E-state index in [0.29, 0.717) is 11.3 Å². The van der Waals surface area contributed by atoms with Gasteiger partial charge in [0.05, 0.1) is 13.3 Å². The molecule has 0 spiro atoms. The molecule has 132 valence electrons. The van der Waals surface area contributed by atoms with E-state index in [0.717, 1.165) is 12.8 Å². The summed E-state index contributed by atoms with van der Waals surface area (Å²) >= 11 is 0. The number of nitrogens with zero attached hydrogens (tertiary/aromatic N) is 3. The molecule has 0 saturated carbocycles. The summed E-state index contributed by atoms with van der Waals surface area (Å²) in [7, 11) is 3.64. The van der Waals surface area contributed by atoms with Gasteiger partial charge in [0.2, 0.25) is 5.88 Å². The molecule has 0 amide bonds. The van der Waals surface area contributed by atoms with Crippen LogP contribution < -0.4 is 4.74 Å². The van der Waals surface area contributed by atoms with E-state index < -0.39 is 0 Å². The Hall–Kier alpha value is -1.84. The number of rotatable bonds is 8. The monoisotopic (exact) mass is 329 g/mol. The van der Waals surface area contributed by atoms with Crippen molar-refractivity contribution in [1.29, 1.82) is 0 Å². The smallest absolute Gasteiger partial charge is 0.213 e. The fourth-order valence-corrected chi connectivity index (χ4v) is 2.95. The van der Waals surface area contributed by atoms with Gasteiger partial charge < -0.3 is 4.74 Å². The number of hydrogen-bond donors (Lipinski definition) is 0. The Kier molecular flexibility index (Phi) is 5.68. The lowest BCUT2D eigenvalue weighted by Gasteiger charge is -2.31. The Morgan fingerprint density at radius 3 is 2.50 bits per heavy atom. The Balaban J connectivity index is 1.93. The molecule has 4 heteroatoms. The Morgan fingerprint density at radius 2 is 1.88 bits per heavy atom. The summed E-state index contributed by atoms with van der Waals surface area (Å²) in [5.74, 6) is 0.691. The SMILES string of the molecule is COc1cc(C(C)(C)CCC(C)(C)CCc2cnn(C)c2)ccn1. The summed E-state index contributed by atoms with van der Waals surface area (Å²) in [6.07, 6.45) is 10.5. The summed E-state index contributed by atoms with van der Waals surface area (Å²) < 4.78 is 7.14. The van der Waals surface area contributed by atoms with Crippen LogP contribution in [0.4, 0.5) is 0 Å². The number of pyridine rings is 1. The van der Waals surface area contributed by atoms with E-state index in [1.165, 1.54) is 24.0 Å². The number of ether oxygens (including phenoxy) is 1. The molecule has 2 heterocycles. The van der Waals surface area contributed by atoms with Crippen molar-refractivity contribution in [3.63, 3.8) is 0 Å². The third kappa shape index (κ3) is 5.08. The van der Waals surface area contributed by atoms with Crippen molar-refractivity contribution in [1.82, 2.24) is 14.8 Å². The number of methoxy groups -OCH3 is 1. The summed E-state index contributed by atoms with van der Waals surface area (Å²) in [4.78, 5) is 4.22. The Labute approximate surface area is 146 Å². The van der Waals surface area contributed by atoms with Crippen LogP contribution in [0, 0.1) is 5.41 Å². The van der Waals surface area contributed by atoms with Crippen LogP contribution in [0.5, 0.6) is 5.88 Å². The molecule has 0 saturated heterocycles. The summed E-state index contributed by atoms with van der Waals surface area (Å²) in [5.41, 5.74) is 3.03. The van der Waals surface area contributed by atoms with E-state index in [4.69, 9.17) is 4.74 Å². The maximum atomic E-state index is 5.27. The van der Waals surface area contributed by atoms with Crippen LogP contribution >= 0.6 is 0 Å². The van der Waals surface area contributed by atoms with Crippen molar-refractivity contribution >= 4 is 0 Å². The minimum absolute atomic E-state index is 0.113. The topological polar surface area (TPSA) is 39.9 Å². The molecule has 4 nitrogen and oxygen atoms in total. The van der Waals surface area contributed by atoms with Crippen LogP contribution in [-0.2, 0) is 18.9 Å². The first kappa shape index (κ1) is 18.5. The molecule has 0 aliphatic rings. The van der Waals surface area contributed by atoms with Gasteiger partial charge in [-0.05, 0) is 53.7 Å². The third-order valence-electron chi connectivity index (χ3n) is 5.00. The van der Waals surface area contributed by atoms with Gasteiger partial charge in [-0.3, -0.25) is 4.68 Å². The van der Waals surface area contributed by atoms with Crippen LogP contribution in [0.15, 0.2) is 30.7 Å². The highest BCUT2D eigenvalue weighted by molar-refractivity contribution is 5.27. The normalized spacial score (nSPS) is 12.4. The van der Waals surface area contributed by atoms with Gasteiger partial charge in [-0.25, -0.2) is 4.98 Å². The molecule has 0 aliphatic carbocycles. The fourth-order valence-electron chi connectivity index (χ4n) is 2.95. The van der Waals surface area contributed by atoms with Crippen molar-refractivity contribution in [3.05, 3.63) is 41.9 Å². The minimum Gasteiger partial charge on any atom is -0.481 e. The molecule has 2 rings (SSSR count). The van der Waals surface area contributed by atoms with E-state index in [1.54, 1.807) is 7.11 Å². The van der Waals surface area contributed by atoms with Gasteiger partial charge in [-0.1, -0.05) is 27.7 Å². The molecule has 2 aromatic heterocycles. The standard InChI is InChI=1S/C20H31N3O/c1-19(2,9-7-16-14-22-23(5)15-16)10-11-20(3,4)17-8-12-21-18(13-17)24-6/h8,12-15H,7,9-11H2,1-6H3. The van der Waals surface area contributed by atoms with E-state index in [1.807, 2.05) is 24.1 Å². The molecule has 0 aliphatic heterocycles. The van der Waals surface area contributed by atoms with Crippen molar-refractivity contribution in [2.24, 2.45) is 12.5 Å². The molecular weight excluding hydrogens is 298 g/mol. The van der Waals surface area contributed by atoms with Gasteiger partial charge in [0.15, 0.2) is 0 Å². The van der Waals surface area contributed by atoms with E-state index in [9.17, 15) is 0 Å². The highest BCUT2D eigenvalue weighted by atomic mass is 16.5. The average molecular weight is 329 g/mol. The van der Waals surface area contributed by atoms with E-state index in [2.05, 4.69) is 56.1 Å².